The lowest BCUT2D eigenvalue weighted by Gasteiger charge is -2.26. The van der Waals surface area contributed by atoms with Crippen LogP contribution in [0.5, 0.6) is 0 Å². The van der Waals surface area contributed by atoms with Gasteiger partial charge < -0.3 is 10.2 Å². The maximum Gasteiger partial charge on any atom is 0.273 e. The van der Waals surface area contributed by atoms with Crippen molar-refractivity contribution in [3.8, 4) is 0 Å². The molecule has 0 aromatic heterocycles. The molecule has 0 radical (unpaired) electrons. The van der Waals surface area contributed by atoms with Gasteiger partial charge >= 0.3 is 0 Å². The van der Waals surface area contributed by atoms with E-state index in [0.717, 1.165) is 36.2 Å². The van der Waals surface area contributed by atoms with Gasteiger partial charge in [-0.25, -0.2) is 0 Å². The highest BCUT2D eigenvalue weighted by atomic mass is 79.9. The number of halogens is 1. The lowest BCUT2D eigenvalue weighted by molar-refractivity contribution is -0.385. The second-order valence-electron chi connectivity index (χ2n) is 4.66. The molecule has 1 N–H and O–H groups in total. The normalized spacial score (nSPS) is 16.2. The fraction of sp³-hybridized carbons (Fsp3) is 0.538. The highest BCUT2D eigenvalue weighted by molar-refractivity contribution is 9.10. The number of nitrogens with one attached hydrogen (secondary N) is 1. The second-order valence-corrected chi connectivity index (χ2v) is 6.80. The third-order valence-corrected chi connectivity index (χ3v) is 4.70. The van der Waals surface area contributed by atoms with Crippen LogP contribution >= 0.6 is 27.7 Å². The van der Waals surface area contributed by atoms with E-state index in [-0.39, 0.29) is 10.6 Å². The van der Waals surface area contributed by atoms with Crippen LogP contribution in [0.1, 0.15) is 5.56 Å². The summed E-state index contributed by atoms with van der Waals surface area (Å²) in [4.78, 5) is 13.1. The molecule has 1 aromatic rings. The predicted molar refractivity (Wildman–Crippen MR) is 86.3 cm³/mol. The highest BCUT2D eigenvalue weighted by Gasteiger charge is 2.14. The minimum absolute atomic E-state index is 0.176. The first-order valence-electron chi connectivity index (χ1n) is 6.60. The molecule has 0 spiro atoms. The van der Waals surface area contributed by atoms with E-state index in [4.69, 9.17) is 0 Å². The first kappa shape index (κ1) is 15.8. The Hall–Kier alpha value is -0.630. The van der Waals surface area contributed by atoms with Crippen LogP contribution in [-0.2, 0) is 6.54 Å². The number of nitrogens with zero attached hydrogens (tertiary/aromatic N) is 2. The number of hydrogen-bond acceptors (Lipinski definition) is 5. The number of hydrogen-bond donors (Lipinski definition) is 1. The zero-order valence-electron chi connectivity index (χ0n) is 11.2. The third kappa shape index (κ3) is 4.73. The lowest BCUT2D eigenvalue weighted by atomic mass is 10.2. The Labute approximate surface area is 131 Å². The molecule has 0 amide bonds. The van der Waals surface area contributed by atoms with Gasteiger partial charge in [0.1, 0.15) is 0 Å². The van der Waals surface area contributed by atoms with Crippen molar-refractivity contribution in [3.05, 3.63) is 38.3 Å². The summed E-state index contributed by atoms with van der Waals surface area (Å²) in [6.45, 7) is 4.67. The van der Waals surface area contributed by atoms with Gasteiger partial charge in [-0.3, -0.25) is 10.1 Å². The third-order valence-electron chi connectivity index (χ3n) is 3.26. The molecule has 1 fully saturated rings. The van der Waals surface area contributed by atoms with Crippen LogP contribution < -0.4 is 5.32 Å². The van der Waals surface area contributed by atoms with Gasteiger partial charge in [0.2, 0.25) is 0 Å². The van der Waals surface area contributed by atoms with Crippen LogP contribution in [0.3, 0.4) is 0 Å². The molecule has 20 heavy (non-hydrogen) atoms. The van der Waals surface area contributed by atoms with E-state index in [1.165, 1.54) is 11.5 Å². The lowest BCUT2D eigenvalue weighted by Crippen LogP contribution is -2.37. The fourth-order valence-corrected chi connectivity index (χ4v) is 3.55. The molecule has 0 aliphatic carbocycles. The zero-order valence-corrected chi connectivity index (χ0v) is 13.6. The molecule has 110 valence electrons. The molecule has 7 heteroatoms. The van der Waals surface area contributed by atoms with Crippen molar-refractivity contribution < 1.29 is 4.92 Å². The van der Waals surface area contributed by atoms with E-state index in [9.17, 15) is 10.1 Å². The summed E-state index contributed by atoms with van der Waals surface area (Å²) < 4.78 is 0.868. The van der Waals surface area contributed by atoms with Crippen molar-refractivity contribution in [1.82, 2.24) is 10.2 Å². The van der Waals surface area contributed by atoms with Crippen LogP contribution in [0.15, 0.2) is 22.7 Å². The molecular weight excluding hydrogens is 342 g/mol. The molecule has 1 aliphatic rings. The summed E-state index contributed by atoms with van der Waals surface area (Å²) in [6, 6.07) is 5.05. The Bertz CT molecular complexity index is 467. The first-order valence-corrected chi connectivity index (χ1v) is 8.55. The predicted octanol–water partition coefficient (Wildman–Crippen LogP) is 2.50. The molecular formula is C13H18BrN3O2S. The minimum Gasteiger partial charge on any atom is -0.311 e. The molecule has 0 saturated carbocycles. The average Bonchev–Trinajstić information content (AvgIpc) is 2.44. The summed E-state index contributed by atoms with van der Waals surface area (Å²) >= 11 is 5.36. The number of nitro benzene ring substituents is 1. The summed E-state index contributed by atoms with van der Waals surface area (Å²) in [5.41, 5.74) is 0.897. The van der Waals surface area contributed by atoms with E-state index in [2.05, 4.69) is 26.1 Å². The SMILES string of the molecule is O=[N+]([O-])c1ccc(Br)cc1CNCCN1CCSCC1. The molecule has 1 saturated heterocycles. The largest absolute Gasteiger partial charge is 0.311 e. The van der Waals surface area contributed by atoms with Crippen molar-refractivity contribution in [2.75, 3.05) is 37.7 Å². The van der Waals surface area contributed by atoms with Gasteiger partial charge in [0.05, 0.1) is 4.92 Å². The fourth-order valence-electron chi connectivity index (χ4n) is 2.16. The van der Waals surface area contributed by atoms with Crippen molar-refractivity contribution >= 4 is 33.4 Å². The Kier molecular flexibility index (Phi) is 6.28. The van der Waals surface area contributed by atoms with E-state index < -0.39 is 0 Å². The van der Waals surface area contributed by atoms with Gasteiger partial charge in [-0.1, -0.05) is 15.9 Å². The van der Waals surface area contributed by atoms with Crippen LogP contribution in [-0.4, -0.2) is 47.5 Å². The van der Waals surface area contributed by atoms with Crippen molar-refractivity contribution in [2.24, 2.45) is 0 Å². The van der Waals surface area contributed by atoms with Gasteiger partial charge in [-0.15, -0.1) is 0 Å². The summed E-state index contributed by atoms with van der Waals surface area (Å²) in [5, 5.41) is 14.3. The highest BCUT2D eigenvalue weighted by Crippen LogP contribution is 2.22. The van der Waals surface area contributed by atoms with Crippen LogP contribution in [0.25, 0.3) is 0 Å². The van der Waals surface area contributed by atoms with Crippen LogP contribution in [0.2, 0.25) is 0 Å². The number of thioether (sulfide) groups is 1. The van der Waals surface area contributed by atoms with Gasteiger partial charge in [-0.05, 0) is 12.1 Å². The Balaban J connectivity index is 1.81. The average molecular weight is 360 g/mol. The Morgan fingerprint density at radius 1 is 1.40 bits per heavy atom. The van der Waals surface area contributed by atoms with Crippen molar-refractivity contribution in [3.63, 3.8) is 0 Å². The Morgan fingerprint density at radius 2 is 2.15 bits per heavy atom. The van der Waals surface area contributed by atoms with E-state index in [1.54, 1.807) is 12.1 Å². The van der Waals surface area contributed by atoms with Gasteiger partial charge in [0, 0.05) is 60.3 Å². The first-order chi connectivity index (χ1) is 9.66. The summed E-state index contributed by atoms with van der Waals surface area (Å²) in [6.07, 6.45) is 0. The van der Waals surface area contributed by atoms with Gasteiger partial charge in [0.25, 0.3) is 5.69 Å². The van der Waals surface area contributed by atoms with E-state index in [0.29, 0.717) is 6.54 Å². The molecule has 1 aromatic carbocycles. The van der Waals surface area contributed by atoms with Crippen molar-refractivity contribution in [2.45, 2.75) is 6.54 Å². The molecule has 0 unspecified atom stereocenters. The standard InChI is InChI=1S/C13H18BrN3O2S/c14-12-1-2-13(17(18)19)11(9-12)10-15-3-4-16-5-7-20-8-6-16/h1-2,9,15H,3-8,10H2. The number of rotatable bonds is 6. The molecule has 0 bridgehead atoms. The summed E-state index contributed by atoms with van der Waals surface area (Å²) in [7, 11) is 0. The molecule has 5 nitrogen and oxygen atoms in total. The second kappa shape index (κ2) is 7.97. The molecule has 0 atom stereocenters. The van der Waals surface area contributed by atoms with Gasteiger partial charge in [0.15, 0.2) is 0 Å². The van der Waals surface area contributed by atoms with E-state index in [1.807, 2.05) is 17.8 Å². The number of benzene rings is 1. The quantitative estimate of drug-likeness (QED) is 0.480. The van der Waals surface area contributed by atoms with Crippen LogP contribution in [0.4, 0.5) is 5.69 Å². The minimum atomic E-state index is -0.328. The molecule has 1 aliphatic heterocycles. The molecule has 2 rings (SSSR count). The van der Waals surface area contributed by atoms with E-state index >= 15 is 0 Å². The van der Waals surface area contributed by atoms with Crippen LogP contribution in [0, 0.1) is 10.1 Å². The molecule has 1 heterocycles. The maximum absolute atomic E-state index is 11.0. The smallest absolute Gasteiger partial charge is 0.273 e. The van der Waals surface area contributed by atoms with Crippen molar-refractivity contribution in [1.29, 1.82) is 0 Å². The topological polar surface area (TPSA) is 58.4 Å². The zero-order chi connectivity index (χ0) is 14.4. The number of nitro groups is 1. The maximum atomic E-state index is 11.0. The van der Waals surface area contributed by atoms with Gasteiger partial charge in [-0.2, -0.15) is 11.8 Å². The monoisotopic (exact) mass is 359 g/mol. The Morgan fingerprint density at radius 3 is 2.85 bits per heavy atom. The summed E-state index contributed by atoms with van der Waals surface area (Å²) in [5.74, 6) is 2.41.